The molecule has 0 radical (unpaired) electrons. The summed E-state index contributed by atoms with van der Waals surface area (Å²) in [7, 11) is 0. The van der Waals surface area contributed by atoms with Gasteiger partial charge in [0.15, 0.2) is 11.4 Å². The minimum atomic E-state index is -5.04. The summed E-state index contributed by atoms with van der Waals surface area (Å²) < 4.78 is 81.6. The molecule has 3 atom stereocenters. The molecule has 0 spiro atoms. The summed E-state index contributed by atoms with van der Waals surface area (Å²) in [6, 6.07) is -2.24. The maximum Gasteiger partial charge on any atom is 0.417 e. The number of alkyl halides is 5. The predicted molar refractivity (Wildman–Crippen MR) is 152 cm³/mol. The number of Topliss-reactive ketones (excluding diaryl/α,β-unsaturated/α-hetero) is 1. The molecule has 2 aromatic heterocycles. The molecule has 46 heavy (non-hydrogen) atoms. The summed E-state index contributed by atoms with van der Waals surface area (Å²) in [5, 5.41) is 6.86. The SMILES string of the molecule is CC(C)(C)OC(=O)N[C@H](c1cn2ncc(C(=O)[C@]3(C)C[C@@H](C(F)(F)F)N(C(=O)OC(C)(C)C)C3=O)cc2n1)C1CCC(F)(F)CC1. The molecule has 1 saturated heterocycles. The zero-order valence-corrected chi connectivity index (χ0v) is 26.6. The van der Waals surface area contributed by atoms with Crippen molar-refractivity contribution in [2.24, 2.45) is 11.3 Å². The van der Waals surface area contributed by atoms with Crippen molar-refractivity contribution < 1.29 is 50.6 Å². The van der Waals surface area contributed by atoms with Crippen LogP contribution in [0.3, 0.4) is 0 Å². The van der Waals surface area contributed by atoms with Crippen molar-refractivity contribution in [2.75, 3.05) is 0 Å². The van der Waals surface area contributed by atoms with E-state index in [1.807, 2.05) is 0 Å². The third-order valence-corrected chi connectivity index (χ3v) is 7.90. The Morgan fingerprint density at radius 2 is 1.61 bits per heavy atom. The number of carbonyl (C=O) groups excluding carboxylic acids is 4. The maximum atomic E-state index is 14.0. The molecule has 2 aromatic rings. The summed E-state index contributed by atoms with van der Waals surface area (Å²) >= 11 is 0. The zero-order valence-electron chi connectivity index (χ0n) is 26.6. The van der Waals surface area contributed by atoms with Crippen LogP contribution in [0.2, 0.25) is 0 Å². The maximum absolute atomic E-state index is 14.0. The van der Waals surface area contributed by atoms with Crippen molar-refractivity contribution >= 4 is 29.5 Å². The van der Waals surface area contributed by atoms with E-state index in [1.165, 1.54) is 37.5 Å². The molecule has 2 aliphatic rings. The second kappa shape index (κ2) is 11.7. The molecule has 1 aliphatic heterocycles. The van der Waals surface area contributed by atoms with Gasteiger partial charge in [0.05, 0.1) is 24.1 Å². The molecule has 4 rings (SSSR count). The number of ether oxygens (including phenoxy) is 2. The summed E-state index contributed by atoms with van der Waals surface area (Å²) in [6.45, 7) is 10.3. The molecule has 1 N–H and O–H groups in total. The van der Waals surface area contributed by atoms with Crippen molar-refractivity contribution in [1.29, 1.82) is 0 Å². The highest BCUT2D eigenvalue weighted by Gasteiger charge is 2.63. The topological polar surface area (TPSA) is 132 Å². The van der Waals surface area contributed by atoms with E-state index < -0.39 is 77.0 Å². The highest BCUT2D eigenvalue weighted by molar-refractivity contribution is 6.17. The van der Waals surface area contributed by atoms with E-state index in [0.717, 1.165) is 13.1 Å². The lowest BCUT2D eigenvalue weighted by Crippen LogP contribution is -2.49. The lowest BCUT2D eigenvalue weighted by atomic mass is 9.80. The Morgan fingerprint density at radius 1 is 1.02 bits per heavy atom. The van der Waals surface area contributed by atoms with Crippen LogP contribution in [0.1, 0.15) is 103 Å². The van der Waals surface area contributed by atoms with Crippen LogP contribution in [0.25, 0.3) is 5.65 Å². The van der Waals surface area contributed by atoms with E-state index in [9.17, 15) is 41.1 Å². The molecular weight excluding hydrogens is 621 g/mol. The van der Waals surface area contributed by atoms with Gasteiger partial charge in [0.1, 0.15) is 22.7 Å². The van der Waals surface area contributed by atoms with Crippen LogP contribution in [-0.4, -0.2) is 72.7 Å². The fourth-order valence-corrected chi connectivity index (χ4v) is 5.70. The van der Waals surface area contributed by atoms with Crippen molar-refractivity contribution in [2.45, 2.75) is 116 Å². The minimum absolute atomic E-state index is 0.0448. The Bertz CT molecular complexity index is 1520. The van der Waals surface area contributed by atoms with Crippen LogP contribution in [0.15, 0.2) is 18.5 Å². The van der Waals surface area contributed by atoms with Gasteiger partial charge in [-0.25, -0.2) is 32.8 Å². The quantitative estimate of drug-likeness (QED) is 0.221. The van der Waals surface area contributed by atoms with Gasteiger partial charge in [0, 0.05) is 18.4 Å². The first-order valence-corrected chi connectivity index (χ1v) is 14.8. The third-order valence-electron chi connectivity index (χ3n) is 7.90. The van der Waals surface area contributed by atoms with Gasteiger partial charge in [-0.05, 0) is 79.7 Å². The third kappa shape index (κ3) is 7.57. The lowest BCUT2D eigenvalue weighted by Gasteiger charge is -2.33. The summed E-state index contributed by atoms with van der Waals surface area (Å²) in [6.07, 6.45) is -6.53. The van der Waals surface area contributed by atoms with Crippen LogP contribution < -0.4 is 5.32 Å². The number of hydrogen-bond acceptors (Lipinski definition) is 8. The van der Waals surface area contributed by atoms with Gasteiger partial charge in [-0.15, -0.1) is 0 Å². The van der Waals surface area contributed by atoms with Crippen molar-refractivity contribution in [3.05, 3.63) is 29.7 Å². The normalized spacial score (nSPS) is 23.3. The Morgan fingerprint density at radius 3 is 2.15 bits per heavy atom. The number of amides is 3. The van der Waals surface area contributed by atoms with Gasteiger partial charge in [0.25, 0.3) is 0 Å². The first-order chi connectivity index (χ1) is 20.9. The Labute approximate surface area is 262 Å². The van der Waals surface area contributed by atoms with Crippen LogP contribution in [0, 0.1) is 11.3 Å². The molecule has 0 aromatic carbocycles. The Hall–Kier alpha value is -3.85. The van der Waals surface area contributed by atoms with Gasteiger partial charge < -0.3 is 14.8 Å². The fraction of sp³-hybridized carbons (Fsp3) is 0.667. The number of imide groups is 1. The zero-order chi connectivity index (χ0) is 34.6. The number of hydrogen-bond donors (Lipinski definition) is 1. The van der Waals surface area contributed by atoms with E-state index in [4.69, 9.17) is 9.47 Å². The highest BCUT2D eigenvalue weighted by atomic mass is 19.4. The van der Waals surface area contributed by atoms with E-state index >= 15 is 0 Å². The predicted octanol–water partition coefficient (Wildman–Crippen LogP) is 6.41. The molecule has 11 nitrogen and oxygen atoms in total. The van der Waals surface area contributed by atoms with E-state index in [1.54, 1.807) is 20.8 Å². The minimum Gasteiger partial charge on any atom is -0.444 e. The molecule has 3 amide bonds. The van der Waals surface area contributed by atoms with Gasteiger partial charge in [0.2, 0.25) is 11.8 Å². The Balaban J connectivity index is 1.66. The van der Waals surface area contributed by atoms with Crippen LogP contribution in [0.4, 0.5) is 31.5 Å². The summed E-state index contributed by atoms with van der Waals surface area (Å²) in [5.41, 5.74) is -4.32. The van der Waals surface area contributed by atoms with Gasteiger partial charge in [-0.3, -0.25) is 9.59 Å². The number of carbonyl (C=O) groups is 4. The molecule has 1 aliphatic carbocycles. The second-order valence-corrected chi connectivity index (χ2v) is 14.1. The number of imidazole rings is 1. The largest absolute Gasteiger partial charge is 0.444 e. The van der Waals surface area contributed by atoms with Gasteiger partial charge in [-0.2, -0.15) is 18.3 Å². The number of rotatable bonds is 5. The molecule has 3 heterocycles. The lowest BCUT2D eigenvalue weighted by molar-refractivity contribution is -0.177. The monoisotopic (exact) mass is 659 g/mol. The summed E-state index contributed by atoms with van der Waals surface area (Å²) in [5.74, 6) is -5.66. The number of halogens is 5. The molecule has 16 heteroatoms. The smallest absolute Gasteiger partial charge is 0.417 e. The molecule has 2 fully saturated rings. The average molecular weight is 660 g/mol. The van der Waals surface area contributed by atoms with Gasteiger partial charge >= 0.3 is 18.4 Å². The highest BCUT2D eigenvalue weighted by Crippen LogP contribution is 2.46. The van der Waals surface area contributed by atoms with E-state index in [2.05, 4.69) is 15.4 Å². The average Bonchev–Trinajstić information content (AvgIpc) is 3.43. The molecule has 0 bridgehead atoms. The van der Waals surface area contributed by atoms with Gasteiger partial charge in [-0.1, -0.05) is 0 Å². The first-order valence-electron chi connectivity index (χ1n) is 14.8. The standard InChI is InChI=1S/C30H38F5N5O6/c1-26(2,3)45-24(43)38-21(16-8-10-29(31,32)11-9-16)18-15-39-20(37-18)12-17(14-36-39)22(41)28(7)13-19(30(33,34)35)40(23(28)42)25(44)46-27(4,5)6/h12,14-16,19,21H,8-11,13H2,1-7H3,(H,38,43)/t19-,21-,28-/m0/s1. The molecule has 254 valence electrons. The van der Waals surface area contributed by atoms with Crippen molar-refractivity contribution in [3.8, 4) is 0 Å². The van der Waals surface area contributed by atoms with E-state index in [0.29, 0.717) is 0 Å². The van der Waals surface area contributed by atoms with Crippen molar-refractivity contribution in [3.63, 3.8) is 0 Å². The van der Waals surface area contributed by atoms with Crippen LogP contribution in [0.5, 0.6) is 0 Å². The number of aromatic nitrogens is 3. The van der Waals surface area contributed by atoms with Crippen LogP contribution >= 0.6 is 0 Å². The number of nitrogens with one attached hydrogen (secondary N) is 1. The number of fused-ring (bicyclic) bond motifs is 1. The fourth-order valence-electron chi connectivity index (χ4n) is 5.70. The van der Waals surface area contributed by atoms with E-state index in [-0.39, 0.29) is 47.5 Å². The number of likely N-dealkylation sites (tertiary alicyclic amines) is 1. The number of ketones is 1. The molecular formula is C30H38F5N5O6. The number of alkyl carbamates (subject to hydrolysis) is 1. The Kier molecular flexibility index (Phi) is 8.94. The second-order valence-electron chi connectivity index (χ2n) is 14.1. The molecule has 1 saturated carbocycles. The van der Waals surface area contributed by atoms with Crippen LogP contribution in [-0.2, 0) is 14.3 Å². The van der Waals surface area contributed by atoms with Crippen molar-refractivity contribution in [1.82, 2.24) is 24.8 Å². The first kappa shape index (κ1) is 35.0. The summed E-state index contributed by atoms with van der Waals surface area (Å²) in [4.78, 5) is 56.9. The molecule has 0 unspecified atom stereocenters. The number of nitrogens with zero attached hydrogens (tertiary/aromatic N) is 4.